The van der Waals surface area contributed by atoms with Crippen LogP contribution >= 0.6 is 25.3 Å². The van der Waals surface area contributed by atoms with Crippen molar-refractivity contribution in [3.63, 3.8) is 0 Å². The number of phenolic OH excluding ortho intramolecular Hbond substituents is 2. The number of nitrogens with one attached hydrogen (secondary N) is 12. The van der Waals surface area contributed by atoms with Gasteiger partial charge in [-0.15, -0.1) is 0 Å². The number of carboxylic acid groups (broad SMARTS) is 1. The van der Waals surface area contributed by atoms with Crippen LogP contribution < -0.4 is 121 Å². The molecule has 41 nitrogen and oxygen atoms in total. The number of carbonyl (C=O) groups excluding carboxylic acids is 13. The summed E-state index contributed by atoms with van der Waals surface area (Å²) in [6.07, 6.45) is -2.18. The maximum Gasteiger partial charge on any atom is 0.326 e. The van der Waals surface area contributed by atoms with Gasteiger partial charge in [0.05, 0.1) is 19.1 Å². The van der Waals surface area contributed by atoms with Gasteiger partial charge in [0.1, 0.15) is 84.0 Å². The number of unbranched alkanes of at least 4 members (excludes halogenated alkanes) is 1. The Hall–Kier alpha value is -9.73. The molecule has 2 rings (SSSR count). The lowest BCUT2D eigenvalue weighted by Crippen LogP contribution is -2.63. The smallest absolute Gasteiger partial charge is 0.326 e. The normalized spacial score (nSPS) is 14.8. The minimum absolute atomic E-state index is 0.0313. The number of rotatable bonds is 52. The quantitative estimate of drug-likeness (QED) is 0.0127. The van der Waals surface area contributed by atoms with Crippen molar-refractivity contribution in [2.24, 2.45) is 62.3 Å². The first-order valence-corrected chi connectivity index (χ1v) is 35.8. The number of amides is 13. The first-order valence-electron chi connectivity index (χ1n) is 34.7. The van der Waals surface area contributed by atoms with Crippen molar-refractivity contribution in [3.8, 4) is 11.5 Å². The largest absolute Gasteiger partial charge is 0.508 e. The Morgan fingerprint density at radius 2 is 0.731 bits per heavy atom. The third-order valence-corrected chi connectivity index (χ3v) is 16.9. The zero-order chi connectivity index (χ0) is 81.4. The van der Waals surface area contributed by atoms with Gasteiger partial charge in [-0.25, -0.2) is 4.79 Å². The van der Waals surface area contributed by atoms with E-state index in [4.69, 9.17) is 57.3 Å². The number of aliphatic imine (C=N–C) groups is 1. The Balaban J connectivity index is 2.38. The lowest BCUT2D eigenvalue weighted by molar-refractivity contribution is -0.142. The molecule has 0 saturated heterocycles. The van der Waals surface area contributed by atoms with Crippen LogP contribution in [0.2, 0.25) is 0 Å². The van der Waals surface area contributed by atoms with Gasteiger partial charge in [0.2, 0.25) is 76.8 Å². The van der Waals surface area contributed by atoms with E-state index in [2.05, 4.69) is 94.1 Å². The second kappa shape index (κ2) is 49.3. The number of primary amides is 1. The molecule has 0 radical (unpaired) electrons. The number of aliphatic hydroxyl groups is 1. The zero-order valence-corrected chi connectivity index (χ0v) is 62.1. The molecule has 0 aromatic heterocycles. The summed E-state index contributed by atoms with van der Waals surface area (Å²) in [4.78, 5) is 196. The minimum atomic E-state index is -1.88. The average molecular weight is 1560 g/mol. The lowest BCUT2D eigenvalue weighted by Gasteiger charge is -2.32. The first kappa shape index (κ1) is 94.4. The molecule has 2 aromatic rings. The molecule has 604 valence electrons. The number of nitrogens with zero attached hydrogens (tertiary/aromatic N) is 1. The Bertz CT molecular complexity index is 3340. The summed E-state index contributed by atoms with van der Waals surface area (Å²) in [5.74, 6) is -15.7. The number of hydrogen-bond donors (Lipinski definition) is 28. The van der Waals surface area contributed by atoms with E-state index >= 15 is 0 Å². The van der Waals surface area contributed by atoms with Crippen LogP contribution in [0.25, 0.3) is 0 Å². The molecule has 0 aliphatic carbocycles. The fraction of sp³-hybridized carbons (Fsp3) is 0.585. The van der Waals surface area contributed by atoms with Gasteiger partial charge < -0.3 is 142 Å². The van der Waals surface area contributed by atoms with Crippen LogP contribution in [0, 0.1) is 0 Å². The highest BCUT2D eigenvalue weighted by atomic mass is 32.1. The first-order chi connectivity index (χ1) is 51.0. The molecule has 0 spiro atoms. The highest BCUT2D eigenvalue weighted by Crippen LogP contribution is 2.20. The van der Waals surface area contributed by atoms with E-state index in [1.165, 1.54) is 62.4 Å². The third-order valence-electron chi connectivity index (χ3n) is 16.3. The summed E-state index contributed by atoms with van der Waals surface area (Å²) in [6, 6.07) is -8.94. The number of benzene rings is 2. The van der Waals surface area contributed by atoms with E-state index in [0.29, 0.717) is 17.5 Å². The van der Waals surface area contributed by atoms with E-state index < -0.39 is 185 Å². The number of aliphatic hydroxyl groups excluding tert-OH is 1. The number of carboxylic acids is 1. The Labute approximate surface area is 634 Å². The highest BCUT2D eigenvalue weighted by Gasteiger charge is 2.40. The zero-order valence-electron chi connectivity index (χ0n) is 60.3. The number of nitrogens with two attached hydrogens (primary N) is 10. The van der Waals surface area contributed by atoms with E-state index in [-0.39, 0.29) is 134 Å². The SMILES string of the molecule is CC(C)(S)[C@H](NC(=O)[C@H](Cc1ccc(O)cc1)NC(=O)[C@@H](N)CCN)C(=O)N[C@@H](CC(N)=O)C(=O)N[C@@H](CCCN=C(N)N)C(=O)N[C@@H](CCN)C(=O)N[C@@H](CO)C(=O)N[C@H](CCN)C(=O)N[C@@H](CCCCN)C(=O)N[C@@H](CS)C(=O)N[C@@H](CCN)C(=O)N[C@@H](CCN)C(=O)N[C@@H](Cc1ccc(O)cc1)C(=O)O. The van der Waals surface area contributed by atoms with Crippen molar-refractivity contribution >= 4 is 114 Å². The van der Waals surface area contributed by atoms with Crippen LogP contribution in [0.15, 0.2) is 53.5 Å². The van der Waals surface area contributed by atoms with Gasteiger partial charge in [0.15, 0.2) is 5.96 Å². The number of hydrogen-bond acceptors (Lipinski definition) is 27. The molecule has 0 aliphatic heterocycles. The van der Waals surface area contributed by atoms with Crippen LogP contribution in [0.4, 0.5) is 0 Å². The molecule has 2 aromatic carbocycles. The number of carbonyl (C=O) groups is 14. The molecule has 43 heteroatoms. The summed E-state index contributed by atoms with van der Waals surface area (Å²) >= 11 is 8.76. The molecule has 0 heterocycles. The van der Waals surface area contributed by atoms with Gasteiger partial charge in [-0.2, -0.15) is 25.3 Å². The number of guanidine groups is 1. The van der Waals surface area contributed by atoms with Gasteiger partial charge in [0, 0.05) is 29.9 Å². The molecule has 0 bridgehead atoms. The predicted molar refractivity (Wildman–Crippen MR) is 401 cm³/mol. The highest BCUT2D eigenvalue weighted by molar-refractivity contribution is 7.81. The molecule has 0 saturated carbocycles. The second-order valence-corrected chi connectivity index (χ2v) is 27.1. The molecule has 13 amide bonds. The van der Waals surface area contributed by atoms with Gasteiger partial charge in [0.25, 0.3) is 0 Å². The summed E-state index contributed by atoms with van der Waals surface area (Å²) in [5, 5.41) is 69.2. The van der Waals surface area contributed by atoms with Gasteiger partial charge in [-0.05, 0) is 153 Å². The monoisotopic (exact) mass is 1560 g/mol. The fourth-order valence-electron chi connectivity index (χ4n) is 10.3. The summed E-state index contributed by atoms with van der Waals surface area (Å²) in [7, 11) is 0. The van der Waals surface area contributed by atoms with Crippen LogP contribution in [0.3, 0.4) is 0 Å². The van der Waals surface area contributed by atoms with E-state index in [0.717, 1.165) is 0 Å². The maximum atomic E-state index is 14.3. The Morgan fingerprint density at radius 1 is 0.407 bits per heavy atom. The molecule has 108 heavy (non-hydrogen) atoms. The molecule has 0 aliphatic rings. The molecule has 0 unspecified atom stereocenters. The lowest BCUT2D eigenvalue weighted by atomic mass is 9.99. The Morgan fingerprint density at radius 3 is 1.09 bits per heavy atom. The van der Waals surface area contributed by atoms with Gasteiger partial charge in [-0.3, -0.25) is 67.3 Å². The molecule has 36 N–H and O–H groups in total. The number of thiol groups is 2. The van der Waals surface area contributed by atoms with Crippen LogP contribution in [0.5, 0.6) is 11.5 Å². The topological polar surface area (TPSA) is 737 Å². The van der Waals surface area contributed by atoms with E-state index in [1.807, 2.05) is 0 Å². The van der Waals surface area contributed by atoms with Crippen molar-refractivity contribution in [1.82, 2.24) is 63.8 Å². The van der Waals surface area contributed by atoms with Crippen molar-refractivity contribution in [2.45, 2.75) is 181 Å². The predicted octanol–water partition coefficient (Wildman–Crippen LogP) is -10.5. The minimum Gasteiger partial charge on any atom is -0.508 e. The third kappa shape index (κ3) is 34.4. The standard InChI is InChI=1S/C65H109N23O18S2/c1-65(2,108)50(88-59(101)44(83-51(93)37(72)16-22-67)28-33-8-12-35(90)13-9-33)62(104)84-45(30-49(73)92)58(100)78-39(7-5-27-76-64(74)75)52(94)79-43(20-26-71)57(99)86-47(31-89)60(102)81-40(17-23-68)54(96)77-38(6-3-4-21-66)53(95)87-48(32-107)61(103)82-41(18-24-69)55(97)80-42(19-25-70)56(98)85-46(63(105)106)29-34-10-14-36(91)15-11-34/h8-15,37-48,50,89-91,107-108H,3-7,16-32,66-72H2,1-2H3,(H2,73,92)(H,77,96)(H,78,100)(H,79,94)(H,80,97)(H,81,102)(H,82,103)(H,83,93)(H,84,104)(H,85,98)(H,86,99)(H,87,95)(H,88,101)(H,105,106)(H4,74,75,76)/t37-,38-,39-,40+,41-,42-,43-,44-,45-,46-,47-,48-,50+/m0/s1. The Kier molecular flexibility index (Phi) is 43.0. The number of phenols is 2. The van der Waals surface area contributed by atoms with Crippen molar-refractivity contribution < 1.29 is 87.5 Å². The van der Waals surface area contributed by atoms with Crippen molar-refractivity contribution in [3.05, 3.63) is 59.7 Å². The average Bonchev–Trinajstić information content (AvgIpc) is 0.831. The van der Waals surface area contributed by atoms with E-state index in [9.17, 15) is 87.5 Å². The van der Waals surface area contributed by atoms with E-state index in [1.54, 1.807) is 0 Å². The van der Waals surface area contributed by atoms with Crippen LogP contribution in [0.1, 0.15) is 95.6 Å². The second-order valence-electron chi connectivity index (χ2n) is 25.6. The van der Waals surface area contributed by atoms with Crippen LogP contribution in [-0.2, 0) is 80.0 Å². The molecular formula is C65H109N23O18S2. The summed E-state index contributed by atoms with van der Waals surface area (Å²) < 4.78 is -1.47. The summed E-state index contributed by atoms with van der Waals surface area (Å²) in [5.41, 5.74) is 58.1. The van der Waals surface area contributed by atoms with Gasteiger partial charge >= 0.3 is 5.97 Å². The number of aromatic hydroxyl groups is 2. The molecular weight excluding hydrogens is 1450 g/mol. The number of aliphatic carboxylic acids is 1. The van der Waals surface area contributed by atoms with Crippen molar-refractivity contribution in [1.29, 1.82) is 0 Å². The molecule has 13 atom stereocenters. The molecule has 0 fully saturated rings. The van der Waals surface area contributed by atoms with Gasteiger partial charge in [-0.1, -0.05) is 24.3 Å². The van der Waals surface area contributed by atoms with Crippen LogP contribution in [-0.4, -0.2) is 251 Å². The maximum absolute atomic E-state index is 14.3. The fourth-order valence-corrected chi connectivity index (χ4v) is 10.8. The summed E-state index contributed by atoms with van der Waals surface area (Å²) in [6.45, 7) is 0.868. The van der Waals surface area contributed by atoms with Crippen molar-refractivity contribution in [2.75, 3.05) is 58.2 Å².